The van der Waals surface area contributed by atoms with Crippen LogP contribution < -0.4 is 27.4 Å². The summed E-state index contributed by atoms with van der Waals surface area (Å²) < 4.78 is 0. The van der Waals surface area contributed by atoms with Gasteiger partial charge in [-0.1, -0.05) is 12.1 Å². The van der Waals surface area contributed by atoms with Crippen molar-refractivity contribution in [3.63, 3.8) is 0 Å². The molecule has 4 amide bonds. The lowest BCUT2D eigenvalue weighted by Gasteiger charge is -2.25. The Morgan fingerprint density at radius 1 is 0.875 bits per heavy atom. The van der Waals surface area contributed by atoms with Crippen LogP contribution in [0.2, 0.25) is 0 Å². The van der Waals surface area contributed by atoms with Gasteiger partial charge >= 0.3 is 11.9 Å². The van der Waals surface area contributed by atoms with Crippen molar-refractivity contribution in [3.8, 4) is 5.75 Å². The van der Waals surface area contributed by atoms with E-state index in [0.29, 0.717) is 11.3 Å². The van der Waals surface area contributed by atoms with Gasteiger partial charge in [-0.3, -0.25) is 24.0 Å². The number of imidazole rings is 1. The maximum absolute atomic E-state index is 13.2. The fourth-order valence-electron chi connectivity index (χ4n) is 3.56. The number of carboxylic acids is 2. The minimum absolute atomic E-state index is 0.0385. The predicted molar refractivity (Wildman–Crippen MR) is 136 cm³/mol. The van der Waals surface area contributed by atoms with Crippen LogP contribution in [0.3, 0.4) is 0 Å². The molecule has 0 radical (unpaired) electrons. The second-order valence-electron chi connectivity index (χ2n) is 8.88. The van der Waals surface area contributed by atoms with Crippen LogP contribution in [0.25, 0.3) is 0 Å². The van der Waals surface area contributed by atoms with Gasteiger partial charge in [0.05, 0.1) is 18.8 Å². The number of amides is 4. The summed E-state index contributed by atoms with van der Waals surface area (Å²) in [5.41, 5.74) is 11.6. The summed E-state index contributed by atoms with van der Waals surface area (Å²) in [4.78, 5) is 79.4. The van der Waals surface area contributed by atoms with Gasteiger partial charge in [0, 0.05) is 31.2 Å². The van der Waals surface area contributed by atoms with E-state index >= 15 is 0 Å². The molecule has 4 atom stereocenters. The number of carbonyl (C=O) groups excluding carboxylic acids is 4. The van der Waals surface area contributed by atoms with Gasteiger partial charge in [-0.2, -0.15) is 0 Å². The molecule has 16 heteroatoms. The van der Waals surface area contributed by atoms with E-state index in [4.69, 9.17) is 16.6 Å². The number of phenolic OH excluding ortho intramolecular Hbond substituents is 1. The summed E-state index contributed by atoms with van der Waals surface area (Å²) in [5, 5.41) is 35.2. The maximum atomic E-state index is 13.2. The van der Waals surface area contributed by atoms with Gasteiger partial charge in [-0.25, -0.2) is 9.78 Å². The van der Waals surface area contributed by atoms with E-state index < -0.39 is 79.0 Å². The van der Waals surface area contributed by atoms with Gasteiger partial charge < -0.3 is 47.7 Å². The largest absolute Gasteiger partial charge is 0.508 e. The molecule has 0 saturated carbocycles. The van der Waals surface area contributed by atoms with E-state index in [-0.39, 0.29) is 18.6 Å². The van der Waals surface area contributed by atoms with Crippen LogP contribution in [0.4, 0.5) is 0 Å². The average Bonchev–Trinajstić information content (AvgIpc) is 3.39. The highest BCUT2D eigenvalue weighted by molar-refractivity contribution is 5.95. The van der Waals surface area contributed by atoms with E-state index in [9.17, 15) is 39.0 Å². The standard InChI is InChI=1S/C24H31N7O9/c25-15(9-19(26)33)21(36)30-17(8-13-10-27-11-28-13)23(38)29-16(5-6-20(34)35)22(37)31-18(24(39)40)7-12-1-3-14(32)4-2-12/h1-4,10-11,15-18,32H,5-9,25H2,(H2,26,33)(H,27,28)(H,29,38)(H,30,36)(H,31,37)(H,34,35)(H,39,40). The molecule has 2 aromatic rings. The third kappa shape index (κ3) is 10.4. The number of hydrogen-bond donors (Lipinski definition) is 9. The van der Waals surface area contributed by atoms with E-state index in [0.717, 1.165) is 0 Å². The van der Waals surface area contributed by atoms with Crippen LogP contribution in [0.1, 0.15) is 30.5 Å². The number of aromatic hydroxyl groups is 1. The molecule has 0 fully saturated rings. The second kappa shape index (κ2) is 14.8. The monoisotopic (exact) mass is 561 g/mol. The molecule has 1 aromatic heterocycles. The number of aliphatic carboxylic acids is 2. The highest BCUT2D eigenvalue weighted by atomic mass is 16.4. The Morgan fingerprint density at radius 2 is 1.48 bits per heavy atom. The highest BCUT2D eigenvalue weighted by Crippen LogP contribution is 2.12. The molecule has 2 rings (SSSR count). The summed E-state index contributed by atoms with van der Waals surface area (Å²) in [6.07, 6.45) is 0.953. The van der Waals surface area contributed by atoms with Gasteiger partial charge in [-0.15, -0.1) is 0 Å². The summed E-state index contributed by atoms with van der Waals surface area (Å²) in [6, 6.07) is -0.0415. The number of carbonyl (C=O) groups is 6. The predicted octanol–water partition coefficient (Wildman–Crippen LogP) is -2.49. The number of carboxylic acid groups (broad SMARTS) is 2. The van der Waals surface area contributed by atoms with Crippen molar-refractivity contribution in [1.82, 2.24) is 25.9 Å². The number of H-pyrrole nitrogens is 1. The number of aromatic nitrogens is 2. The van der Waals surface area contributed by atoms with Gasteiger partial charge in [0.2, 0.25) is 23.6 Å². The molecule has 1 aromatic carbocycles. The number of primary amides is 1. The van der Waals surface area contributed by atoms with Crippen molar-refractivity contribution >= 4 is 35.6 Å². The summed E-state index contributed by atoms with van der Waals surface area (Å²) >= 11 is 0. The second-order valence-corrected chi connectivity index (χ2v) is 8.88. The number of rotatable bonds is 16. The molecule has 0 aliphatic carbocycles. The van der Waals surface area contributed by atoms with Crippen molar-refractivity contribution in [2.45, 2.75) is 56.3 Å². The lowest BCUT2D eigenvalue weighted by atomic mass is 10.0. The number of phenols is 1. The maximum Gasteiger partial charge on any atom is 0.326 e. The van der Waals surface area contributed by atoms with E-state index in [2.05, 4.69) is 25.9 Å². The van der Waals surface area contributed by atoms with E-state index in [1.54, 1.807) is 0 Å². The first-order chi connectivity index (χ1) is 18.8. The smallest absolute Gasteiger partial charge is 0.326 e. The first-order valence-corrected chi connectivity index (χ1v) is 12.0. The number of nitrogens with two attached hydrogens (primary N) is 2. The number of hydrogen-bond acceptors (Lipinski definition) is 9. The molecule has 16 nitrogen and oxygen atoms in total. The topological polar surface area (TPSA) is 280 Å². The Morgan fingerprint density at radius 3 is 2.02 bits per heavy atom. The van der Waals surface area contributed by atoms with E-state index in [1.807, 2.05) is 0 Å². The summed E-state index contributed by atoms with van der Waals surface area (Å²) in [7, 11) is 0. The van der Waals surface area contributed by atoms with Crippen molar-refractivity contribution in [1.29, 1.82) is 0 Å². The van der Waals surface area contributed by atoms with Crippen molar-refractivity contribution in [2.24, 2.45) is 11.5 Å². The van der Waals surface area contributed by atoms with Crippen LogP contribution in [0, 0.1) is 0 Å². The molecule has 0 aliphatic rings. The first kappa shape index (κ1) is 31.2. The zero-order valence-corrected chi connectivity index (χ0v) is 21.2. The van der Waals surface area contributed by atoms with Crippen LogP contribution >= 0.6 is 0 Å². The summed E-state index contributed by atoms with van der Waals surface area (Å²) in [6.45, 7) is 0. The van der Waals surface area contributed by atoms with E-state index in [1.165, 1.54) is 36.8 Å². The van der Waals surface area contributed by atoms with Crippen LogP contribution in [-0.2, 0) is 41.6 Å². The lowest BCUT2D eigenvalue weighted by Crippen LogP contribution is -2.58. The molecular weight excluding hydrogens is 530 g/mol. The fourth-order valence-corrected chi connectivity index (χ4v) is 3.56. The zero-order valence-electron chi connectivity index (χ0n) is 21.2. The van der Waals surface area contributed by atoms with Crippen molar-refractivity contribution in [3.05, 3.63) is 48.0 Å². The summed E-state index contributed by atoms with van der Waals surface area (Å²) in [5.74, 6) is -6.32. The van der Waals surface area contributed by atoms with Gasteiger partial charge in [0.1, 0.15) is 23.9 Å². The Bertz CT molecular complexity index is 1200. The number of benzene rings is 1. The average molecular weight is 562 g/mol. The molecule has 1 heterocycles. The Balaban J connectivity index is 2.21. The molecule has 0 aliphatic heterocycles. The normalized spacial score (nSPS) is 13.7. The highest BCUT2D eigenvalue weighted by Gasteiger charge is 2.31. The fraction of sp³-hybridized carbons (Fsp3) is 0.375. The third-order valence-electron chi connectivity index (χ3n) is 5.64. The minimum atomic E-state index is -1.49. The van der Waals surface area contributed by atoms with Crippen LogP contribution in [0.15, 0.2) is 36.8 Å². The Hall–Kier alpha value is -4.99. The molecule has 216 valence electrons. The molecule has 40 heavy (non-hydrogen) atoms. The minimum Gasteiger partial charge on any atom is -0.508 e. The SMILES string of the molecule is NC(=O)CC(N)C(=O)NC(Cc1cnc[nH]1)C(=O)NC(CCC(=O)O)C(=O)NC(Cc1ccc(O)cc1)C(=O)O. The molecule has 0 spiro atoms. The zero-order chi connectivity index (χ0) is 29.8. The van der Waals surface area contributed by atoms with Gasteiger partial charge in [0.15, 0.2) is 0 Å². The van der Waals surface area contributed by atoms with Crippen LogP contribution in [0.5, 0.6) is 5.75 Å². The third-order valence-corrected chi connectivity index (χ3v) is 5.64. The molecule has 11 N–H and O–H groups in total. The number of nitrogens with zero attached hydrogens (tertiary/aromatic N) is 1. The molecule has 4 unspecified atom stereocenters. The first-order valence-electron chi connectivity index (χ1n) is 12.0. The lowest BCUT2D eigenvalue weighted by molar-refractivity contribution is -0.143. The number of aromatic amines is 1. The van der Waals surface area contributed by atoms with Gasteiger partial charge in [-0.05, 0) is 24.1 Å². The van der Waals surface area contributed by atoms with Crippen molar-refractivity contribution < 1.29 is 44.1 Å². The number of nitrogens with one attached hydrogen (secondary N) is 4. The van der Waals surface area contributed by atoms with Gasteiger partial charge in [0.25, 0.3) is 0 Å². The Labute approximate surface area is 227 Å². The Kier molecular flexibility index (Phi) is 11.6. The molecule has 0 saturated heterocycles. The molecular formula is C24H31N7O9. The molecule has 0 bridgehead atoms. The quantitative estimate of drug-likeness (QED) is 0.103. The van der Waals surface area contributed by atoms with Crippen molar-refractivity contribution in [2.75, 3.05) is 0 Å². The van der Waals surface area contributed by atoms with Crippen LogP contribution in [-0.4, -0.2) is 85.0 Å².